The first-order valence-corrected chi connectivity index (χ1v) is 7.57. The van der Waals surface area contributed by atoms with Crippen molar-refractivity contribution in [3.63, 3.8) is 0 Å². The van der Waals surface area contributed by atoms with Gasteiger partial charge in [0.05, 0.1) is 22.6 Å². The zero-order chi connectivity index (χ0) is 14.7. The van der Waals surface area contributed by atoms with Gasteiger partial charge >= 0.3 is 0 Å². The van der Waals surface area contributed by atoms with Crippen molar-refractivity contribution in [1.29, 1.82) is 0 Å². The Morgan fingerprint density at radius 2 is 1.95 bits per heavy atom. The summed E-state index contributed by atoms with van der Waals surface area (Å²) in [5.74, 6) is 0.840. The molecule has 2 aromatic heterocycles. The average molecular weight is 364 g/mol. The minimum atomic E-state index is -0.0870. The van der Waals surface area contributed by atoms with Crippen molar-refractivity contribution in [2.45, 2.75) is 6.04 Å². The van der Waals surface area contributed by atoms with Gasteiger partial charge < -0.3 is 9.73 Å². The molecule has 0 bridgehead atoms. The molecule has 0 aliphatic heterocycles. The van der Waals surface area contributed by atoms with Crippen LogP contribution in [0.25, 0.3) is 0 Å². The second-order valence-electron chi connectivity index (χ2n) is 4.50. The number of hydrogen-bond acceptors (Lipinski definition) is 3. The molecule has 0 aliphatic carbocycles. The van der Waals surface area contributed by atoms with Crippen molar-refractivity contribution in [1.82, 2.24) is 4.98 Å². The summed E-state index contributed by atoms with van der Waals surface area (Å²) in [5.41, 5.74) is 1.97. The van der Waals surface area contributed by atoms with Gasteiger partial charge in [0.1, 0.15) is 17.0 Å². The molecule has 0 spiro atoms. The van der Waals surface area contributed by atoms with Crippen molar-refractivity contribution in [3.05, 3.63) is 81.9 Å². The standard InChI is InChI=1S/C16H12BrClN2O/c17-13-9-12(10-19-16(13)18)20-15(14-7-4-8-21-14)11-5-2-1-3-6-11/h1-10,15,20H. The first-order valence-electron chi connectivity index (χ1n) is 6.40. The third kappa shape index (κ3) is 3.28. The first-order chi connectivity index (χ1) is 10.2. The zero-order valence-corrected chi connectivity index (χ0v) is 13.3. The average Bonchev–Trinajstić information content (AvgIpc) is 3.03. The Kier molecular flexibility index (Phi) is 4.27. The fraction of sp³-hybridized carbons (Fsp3) is 0.0625. The number of benzene rings is 1. The Labute approximate surface area is 136 Å². The molecule has 3 nitrogen and oxygen atoms in total. The van der Waals surface area contributed by atoms with Crippen LogP contribution in [-0.4, -0.2) is 4.98 Å². The normalized spacial score (nSPS) is 12.1. The van der Waals surface area contributed by atoms with E-state index >= 15 is 0 Å². The second-order valence-corrected chi connectivity index (χ2v) is 5.71. The van der Waals surface area contributed by atoms with Gasteiger partial charge in [-0.15, -0.1) is 0 Å². The maximum Gasteiger partial charge on any atom is 0.143 e. The van der Waals surface area contributed by atoms with Crippen molar-refractivity contribution in [3.8, 4) is 0 Å². The second kappa shape index (κ2) is 6.33. The van der Waals surface area contributed by atoms with Crippen LogP contribution in [0.3, 0.4) is 0 Å². The lowest BCUT2D eigenvalue weighted by atomic mass is 10.0. The lowest BCUT2D eigenvalue weighted by Crippen LogP contribution is -2.11. The molecule has 1 unspecified atom stereocenters. The van der Waals surface area contributed by atoms with Gasteiger partial charge in [0.15, 0.2) is 0 Å². The highest BCUT2D eigenvalue weighted by molar-refractivity contribution is 9.10. The fourth-order valence-electron chi connectivity index (χ4n) is 2.09. The molecule has 3 rings (SSSR count). The number of furan rings is 1. The van der Waals surface area contributed by atoms with Gasteiger partial charge in [-0.1, -0.05) is 41.9 Å². The fourth-order valence-corrected chi connectivity index (χ4v) is 2.54. The molecule has 21 heavy (non-hydrogen) atoms. The molecule has 0 amide bonds. The molecule has 106 valence electrons. The van der Waals surface area contributed by atoms with Gasteiger partial charge in [-0.2, -0.15) is 0 Å². The molecule has 0 fully saturated rings. The first kappa shape index (κ1) is 14.2. The third-order valence-corrected chi connectivity index (χ3v) is 4.20. The van der Waals surface area contributed by atoms with Crippen LogP contribution >= 0.6 is 27.5 Å². The van der Waals surface area contributed by atoms with E-state index in [-0.39, 0.29) is 6.04 Å². The Hall–Kier alpha value is -1.78. The Morgan fingerprint density at radius 3 is 2.62 bits per heavy atom. The molecule has 0 aliphatic rings. The lowest BCUT2D eigenvalue weighted by molar-refractivity contribution is 0.499. The highest BCUT2D eigenvalue weighted by Crippen LogP contribution is 2.29. The number of nitrogens with one attached hydrogen (secondary N) is 1. The van der Waals surface area contributed by atoms with Crippen LogP contribution in [0, 0.1) is 0 Å². The number of hydrogen-bond donors (Lipinski definition) is 1. The van der Waals surface area contributed by atoms with Gasteiger partial charge in [0, 0.05) is 0 Å². The molecule has 5 heteroatoms. The highest BCUT2D eigenvalue weighted by atomic mass is 79.9. The minimum absolute atomic E-state index is 0.0870. The monoisotopic (exact) mass is 362 g/mol. The minimum Gasteiger partial charge on any atom is -0.467 e. The van der Waals surface area contributed by atoms with Gasteiger partial charge in [-0.05, 0) is 39.7 Å². The number of nitrogens with zero attached hydrogens (tertiary/aromatic N) is 1. The van der Waals surface area contributed by atoms with Gasteiger partial charge in [-0.3, -0.25) is 0 Å². The molecule has 2 heterocycles. The zero-order valence-electron chi connectivity index (χ0n) is 11.0. The van der Waals surface area contributed by atoms with Crippen molar-refractivity contribution in [2.24, 2.45) is 0 Å². The maximum absolute atomic E-state index is 5.93. The Balaban J connectivity index is 1.95. The quantitative estimate of drug-likeness (QED) is 0.640. The number of pyridine rings is 1. The smallest absolute Gasteiger partial charge is 0.143 e. The summed E-state index contributed by atoms with van der Waals surface area (Å²) in [7, 11) is 0. The van der Waals surface area contributed by atoms with E-state index in [9.17, 15) is 0 Å². The van der Waals surface area contributed by atoms with Gasteiger partial charge in [-0.25, -0.2) is 4.98 Å². The van der Waals surface area contributed by atoms with E-state index in [0.717, 1.165) is 21.5 Å². The van der Waals surface area contributed by atoms with E-state index in [1.165, 1.54) is 0 Å². The van der Waals surface area contributed by atoms with E-state index in [2.05, 4.69) is 38.4 Å². The lowest BCUT2D eigenvalue weighted by Gasteiger charge is -2.18. The summed E-state index contributed by atoms with van der Waals surface area (Å²) < 4.78 is 6.31. The van der Waals surface area contributed by atoms with Crippen molar-refractivity contribution in [2.75, 3.05) is 5.32 Å². The van der Waals surface area contributed by atoms with E-state index < -0.39 is 0 Å². The third-order valence-electron chi connectivity index (χ3n) is 3.07. The molecule has 1 aromatic carbocycles. The summed E-state index contributed by atoms with van der Waals surface area (Å²) >= 11 is 9.31. The number of aromatic nitrogens is 1. The number of halogens is 2. The molecule has 3 aromatic rings. The van der Waals surface area contributed by atoms with E-state index in [1.54, 1.807) is 12.5 Å². The van der Waals surface area contributed by atoms with Crippen LogP contribution in [0.2, 0.25) is 5.15 Å². The number of rotatable bonds is 4. The van der Waals surface area contributed by atoms with Crippen LogP contribution in [-0.2, 0) is 0 Å². The van der Waals surface area contributed by atoms with Gasteiger partial charge in [0.25, 0.3) is 0 Å². The highest BCUT2D eigenvalue weighted by Gasteiger charge is 2.17. The van der Waals surface area contributed by atoms with Crippen LogP contribution in [0.4, 0.5) is 5.69 Å². The van der Waals surface area contributed by atoms with E-state index in [4.69, 9.17) is 16.0 Å². The predicted octanol–water partition coefficient (Wildman–Crippen LogP) is 5.29. The number of anilines is 1. The molecule has 1 atom stereocenters. The van der Waals surface area contributed by atoms with Gasteiger partial charge in [0.2, 0.25) is 0 Å². The summed E-state index contributed by atoms with van der Waals surface area (Å²) in [5, 5.41) is 3.86. The van der Waals surface area contributed by atoms with Crippen LogP contribution in [0.15, 0.2) is 69.9 Å². The SMILES string of the molecule is Clc1ncc(NC(c2ccccc2)c2ccco2)cc1Br. The van der Waals surface area contributed by atoms with Crippen molar-refractivity contribution >= 4 is 33.2 Å². The summed E-state index contributed by atoms with van der Waals surface area (Å²) in [6.45, 7) is 0. The van der Waals surface area contributed by atoms with Crippen LogP contribution in [0.5, 0.6) is 0 Å². The summed E-state index contributed by atoms with van der Waals surface area (Å²) in [4.78, 5) is 4.13. The van der Waals surface area contributed by atoms with E-state index in [0.29, 0.717) is 5.15 Å². The summed E-state index contributed by atoms with van der Waals surface area (Å²) in [6.07, 6.45) is 3.37. The summed E-state index contributed by atoms with van der Waals surface area (Å²) in [6, 6.07) is 15.7. The predicted molar refractivity (Wildman–Crippen MR) is 87.6 cm³/mol. The molecular weight excluding hydrogens is 352 g/mol. The van der Waals surface area contributed by atoms with Crippen LogP contribution < -0.4 is 5.32 Å². The Bertz CT molecular complexity index is 716. The molecular formula is C16H12BrClN2O. The van der Waals surface area contributed by atoms with E-state index in [1.807, 2.05) is 36.4 Å². The topological polar surface area (TPSA) is 38.1 Å². The molecule has 0 radical (unpaired) electrons. The molecule has 0 saturated carbocycles. The molecule has 1 N–H and O–H groups in total. The molecule has 0 saturated heterocycles. The van der Waals surface area contributed by atoms with Crippen molar-refractivity contribution < 1.29 is 4.42 Å². The Morgan fingerprint density at radius 1 is 1.14 bits per heavy atom. The maximum atomic E-state index is 5.93. The largest absolute Gasteiger partial charge is 0.467 e. The van der Waals surface area contributed by atoms with Crippen LogP contribution in [0.1, 0.15) is 17.4 Å².